The normalized spacial score (nSPS) is 11.0. The number of fused-ring (bicyclic) bond motifs is 1. The Kier molecular flexibility index (Phi) is 4.55. The van der Waals surface area contributed by atoms with Gasteiger partial charge in [0.25, 0.3) is 11.8 Å². The number of amides is 2. The molecule has 9 heteroatoms. The Hall–Kier alpha value is -4.01. The number of aromatic nitrogens is 4. The van der Waals surface area contributed by atoms with Crippen LogP contribution in [-0.2, 0) is 6.54 Å². The minimum absolute atomic E-state index is 0.0302. The lowest BCUT2D eigenvalue weighted by atomic mass is 10.1. The summed E-state index contributed by atoms with van der Waals surface area (Å²) >= 11 is 0. The molecule has 4 aromatic rings. The molecule has 0 unspecified atom stereocenters. The summed E-state index contributed by atoms with van der Waals surface area (Å²) in [5, 5.41) is 11.7. The smallest absolute Gasteiger partial charge is 0.267 e. The number of nitrogens with one attached hydrogen (secondary N) is 1. The van der Waals surface area contributed by atoms with E-state index in [4.69, 9.17) is 10.3 Å². The first-order valence-electron chi connectivity index (χ1n) is 8.88. The second-order valence-corrected chi connectivity index (χ2v) is 6.62. The minimum Gasteiger partial charge on any atom is -0.364 e. The molecule has 4 rings (SSSR count). The largest absolute Gasteiger partial charge is 0.364 e. The van der Waals surface area contributed by atoms with Gasteiger partial charge in [0.05, 0.1) is 35.2 Å². The van der Waals surface area contributed by atoms with Gasteiger partial charge in [0.1, 0.15) is 17.1 Å². The van der Waals surface area contributed by atoms with Gasteiger partial charge in [-0.25, -0.2) is 4.98 Å². The van der Waals surface area contributed by atoms with Crippen molar-refractivity contribution >= 4 is 28.4 Å². The van der Waals surface area contributed by atoms with Crippen molar-refractivity contribution in [2.24, 2.45) is 5.73 Å². The summed E-state index contributed by atoms with van der Waals surface area (Å²) in [5.41, 5.74) is 8.27. The van der Waals surface area contributed by atoms with Crippen LogP contribution in [0.25, 0.3) is 10.9 Å². The fraction of sp³-hybridized carbons (Fsp3) is 0.150. The molecule has 0 aliphatic heterocycles. The van der Waals surface area contributed by atoms with E-state index in [9.17, 15) is 9.59 Å². The molecule has 2 amide bonds. The second kappa shape index (κ2) is 7.19. The van der Waals surface area contributed by atoms with Crippen LogP contribution in [0.4, 0.5) is 5.69 Å². The topological polar surface area (TPSA) is 129 Å². The molecule has 29 heavy (non-hydrogen) atoms. The molecule has 0 bridgehead atoms. The van der Waals surface area contributed by atoms with Gasteiger partial charge < -0.3 is 15.6 Å². The third kappa shape index (κ3) is 3.57. The van der Waals surface area contributed by atoms with E-state index in [0.717, 1.165) is 11.4 Å². The lowest BCUT2D eigenvalue weighted by Gasteiger charge is -2.09. The number of hydrogen-bond donors (Lipinski definition) is 2. The van der Waals surface area contributed by atoms with E-state index in [-0.39, 0.29) is 11.6 Å². The number of carbonyl (C=O) groups excluding carboxylic acids is 2. The zero-order chi connectivity index (χ0) is 20.5. The Morgan fingerprint density at radius 2 is 2.00 bits per heavy atom. The Morgan fingerprint density at radius 1 is 1.21 bits per heavy atom. The molecule has 0 aliphatic carbocycles. The maximum absolute atomic E-state index is 13.0. The number of benzene rings is 1. The van der Waals surface area contributed by atoms with E-state index in [1.807, 2.05) is 19.9 Å². The number of nitrogens with zero attached hydrogens (tertiary/aromatic N) is 4. The summed E-state index contributed by atoms with van der Waals surface area (Å²) in [7, 11) is 0. The number of pyridine rings is 1. The Bertz CT molecular complexity index is 1240. The lowest BCUT2D eigenvalue weighted by molar-refractivity contribution is 0.0996. The molecule has 0 saturated heterocycles. The number of nitrogens with two attached hydrogens (primary N) is 1. The van der Waals surface area contributed by atoms with Crippen LogP contribution in [0.3, 0.4) is 0 Å². The average molecular weight is 390 g/mol. The van der Waals surface area contributed by atoms with Crippen molar-refractivity contribution in [2.75, 3.05) is 5.32 Å². The number of primary amides is 1. The first kappa shape index (κ1) is 18.4. The number of anilines is 1. The van der Waals surface area contributed by atoms with Gasteiger partial charge >= 0.3 is 0 Å². The van der Waals surface area contributed by atoms with E-state index < -0.39 is 5.91 Å². The Balaban J connectivity index is 1.64. The van der Waals surface area contributed by atoms with Gasteiger partial charge in [0, 0.05) is 11.5 Å². The van der Waals surface area contributed by atoms with Crippen LogP contribution in [0, 0.1) is 13.8 Å². The van der Waals surface area contributed by atoms with Gasteiger partial charge in [-0.05, 0) is 26.0 Å². The van der Waals surface area contributed by atoms with E-state index in [0.29, 0.717) is 34.5 Å². The van der Waals surface area contributed by atoms with Crippen molar-refractivity contribution in [3.63, 3.8) is 0 Å². The van der Waals surface area contributed by atoms with Gasteiger partial charge in [-0.2, -0.15) is 5.10 Å². The Labute approximate surface area is 165 Å². The van der Waals surface area contributed by atoms with Crippen LogP contribution in [0.1, 0.15) is 38.0 Å². The number of rotatable bonds is 5. The van der Waals surface area contributed by atoms with Gasteiger partial charge in [0.15, 0.2) is 0 Å². The van der Waals surface area contributed by atoms with Crippen molar-refractivity contribution in [3.8, 4) is 0 Å². The highest BCUT2D eigenvalue weighted by Crippen LogP contribution is 2.21. The molecule has 3 aromatic heterocycles. The first-order chi connectivity index (χ1) is 13.9. The number of para-hydroxylation sites is 1. The van der Waals surface area contributed by atoms with E-state index >= 15 is 0 Å². The van der Waals surface area contributed by atoms with Crippen molar-refractivity contribution in [1.82, 2.24) is 19.9 Å². The molecule has 3 heterocycles. The fourth-order valence-corrected chi connectivity index (χ4v) is 3.05. The van der Waals surface area contributed by atoms with Crippen molar-refractivity contribution < 1.29 is 14.1 Å². The average Bonchev–Trinajstić information content (AvgIpc) is 3.27. The van der Waals surface area contributed by atoms with Crippen molar-refractivity contribution in [3.05, 3.63) is 71.0 Å². The summed E-state index contributed by atoms with van der Waals surface area (Å²) in [6, 6.07) is 10.3. The molecular formula is C20H18N6O3. The zero-order valence-corrected chi connectivity index (χ0v) is 15.8. The highest BCUT2D eigenvalue weighted by atomic mass is 16.5. The molecule has 0 aliphatic rings. The van der Waals surface area contributed by atoms with Crippen LogP contribution in [0.2, 0.25) is 0 Å². The maximum atomic E-state index is 13.0. The van der Waals surface area contributed by atoms with Gasteiger partial charge in [-0.15, -0.1) is 0 Å². The van der Waals surface area contributed by atoms with E-state index in [1.165, 1.54) is 6.07 Å². The van der Waals surface area contributed by atoms with Crippen LogP contribution in [0.5, 0.6) is 0 Å². The number of hydrogen-bond acceptors (Lipinski definition) is 6. The van der Waals surface area contributed by atoms with Crippen LogP contribution in [-0.4, -0.2) is 31.7 Å². The summed E-state index contributed by atoms with van der Waals surface area (Å²) in [4.78, 5) is 28.8. The van der Waals surface area contributed by atoms with Crippen molar-refractivity contribution in [1.29, 1.82) is 0 Å². The van der Waals surface area contributed by atoms with Crippen molar-refractivity contribution in [2.45, 2.75) is 20.4 Å². The molecule has 9 nitrogen and oxygen atoms in total. The minimum atomic E-state index is -0.697. The fourth-order valence-electron chi connectivity index (χ4n) is 3.05. The quantitative estimate of drug-likeness (QED) is 0.538. The first-order valence-corrected chi connectivity index (χ1v) is 8.88. The van der Waals surface area contributed by atoms with Crippen LogP contribution < -0.4 is 11.1 Å². The zero-order valence-electron chi connectivity index (χ0n) is 15.8. The molecular weight excluding hydrogens is 372 g/mol. The third-order valence-electron chi connectivity index (χ3n) is 4.55. The van der Waals surface area contributed by atoms with Gasteiger partial charge in [-0.3, -0.25) is 14.3 Å². The number of aryl methyl sites for hydroxylation is 1. The molecule has 0 spiro atoms. The monoisotopic (exact) mass is 390 g/mol. The number of carbonyl (C=O) groups is 2. The highest BCUT2D eigenvalue weighted by molar-refractivity contribution is 6.13. The molecule has 0 saturated carbocycles. The third-order valence-corrected chi connectivity index (χ3v) is 4.55. The summed E-state index contributed by atoms with van der Waals surface area (Å²) in [6.45, 7) is 4.08. The molecule has 0 atom stereocenters. The summed E-state index contributed by atoms with van der Waals surface area (Å²) < 4.78 is 6.79. The summed E-state index contributed by atoms with van der Waals surface area (Å²) in [5.74, 6) is -0.365. The lowest BCUT2D eigenvalue weighted by Crippen LogP contribution is -2.18. The van der Waals surface area contributed by atoms with Crippen LogP contribution >= 0.6 is 0 Å². The predicted octanol–water partition coefficient (Wildman–Crippen LogP) is 2.44. The van der Waals surface area contributed by atoms with Crippen LogP contribution in [0.15, 0.2) is 47.1 Å². The molecule has 0 radical (unpaired) electrons. The molecule has 146 valence electrons. The highest BCUT2D eigenvalue weighted by Gasteiger charge is 2.17. The van der Waals surface area contributed by atoms with Gasteiger partial charge in [0.2, 0.25) is 0 Å². The Morgan fingerprint density at radius 3 is 2.72 bits per heavy atom. The van der Waals surface area contributed by atoms with E-state index in [2.05, 4.69) is 20.6 Å². The second-order valence-electron chi connectivity index (χ2n) is 6.62. The summed E-state index contributed by atoms with van der Waals surface area (Å²) in [6.07, 6.45) is 1.57. The van der Waals surface area contributed by atoms with E-state index in [1.54, 1.807) is 35.1 Å². The standard InChI is InChI=1S/C20H18N6O3/c1-11-7-13(25-29-11)10-26-12(2)18(9-22-26)24-20(28)15-8-17(19(21)27)23-16-6-4-3-5-14(15)16/h3-9H,10H2,1-2H3,(H2,21,27)(H,24,28). The maximum Gasteiger partial charge on any atom is 0.267 e. The molecule has 1 aromatic carbocycles. The predicted molar refractivity (Wildman–Crippen MR) is 106 cm³/mol. The molecule has 0 fully saturated rings. The SMILES string of the molecule is Cc1cc(Cn2ncc(NC(=O)c3cc(C(N)=O)nc4ccccc34)c2C)no1. The molecule has 3 N–H and O–H groups in total. The van der Waals surface area contributed by atoms with Gasteiger partial charge in [-0.1, -0.05) is 23.4 Å².